The summed E-state index contributed by atoms with van der Waals surface area (Å²) in [5.74, 6) is 0.140. The van der Waals surface area contributed by atoms with E-state index in [-0.39, 0.29) is 15.6 Å². The molecule has 7 nitrogen and oxygen atoms in total. The van der Waals surface area contributed by atoms with Crippen LogP contribution in [-0.4, -0.2) is 35.5 Å². The van der Waals surface area contributed by atoms with Crippen molar-refractivity contribution in [1.82, 2.24) is 15.0 Å². The van der Waals surface area contributed by atoms with E-state index in [4.69, 9.17) is 11.6 Å². The number of amides is 1. The van der Waals surface area contributed by atoms with Gasteiger partial charge in [-0.05, 0) is 23.8 Å². The molecule has 0 saturated carbocycles. The summed E-state index contributed by atoms with van der Waals surface area (Å²) < 4.78 is 24.1. The van der Waals surface area contributed by atoms with Crippen LogP contribution in [0.1, 0.15) is 16.1 Å². The van der Waals surface area contributed by atoms with E-state index in [2.05, 4.69) is 20.3 Å². The smallest absolute Gasteiger partial charge is 0.277 e. The summed E-state index contributed by atoms with van der Waals surface area (Å²) in [6.45, 7) is 0. The molecule has 2 heterocycles. The van der Waals surface area contributed by atoms with Gasteiger partial charge in [-0.15, -0.1) is 0 Å². The first-order valence-corrected chi connectivity index (χ1v) is 13.0. The van der Waals surface area contributed by atoms with E-state index in [1.54, 1.807) is 6.07 Å². The molecule has 0 unspecified atom stereocenters. The topological polar surface area (TPSA) is 102 Å². The molecule has 0 spiro atoms. The van der Waals surface area contributed by atoms with Crippen LogP contribution < -0.4 is 5.32 Å². The summed E-state index contributed by atoms with van der Waals surface area (Å²) in [6.07, 6.45) is 2.54. The van der Waals surface area contributed by atoms with Crippen LogP contribution in [0.25, 0.3) is 10.2 Å². The molecule has 0 bridgehead atoms. The number of rotatable bonds is 6. The minimum atomic E-state index is -3.33. The van der Waals surface area contributed by atoms with Crippen molar-refractivity contribution >= 4 is 65.8 Å². The molecule has 0 aliphatic rings. The van der Waals surface area contributed by atoms with E-state index in [0.29, 0.717) is 26.3 Å². The first-order chi connectivity index (χ1) is 14.8. The first-order valence-electron chi connectivity index (χ1n) is 8.91. The van der Waals surface area contributed by atoms with Crippen molar-refractivity contribution in [2.75, 3.05) is 11.6 Å². The van der Waals surface area contributed by atoms with E-state index in [0.717, 1.165) is 11.8 Å². The SMILES string of the molecule is CS(=O)(=O)c1ccc2nc(NC(=O)c3nc(SCc4ccccc4)ncc3Cl)sc2c1. The van der Waals surface area contributed by atoms with Crippen LogP contribution in [0.15, 0.2) is 64.8 Å². The molecule has 11 heteroatoms. The van der Waals surface area contributed by atoms with Crippen LogP contribution in [0.4, 0.5) is 5.13 Å². The normalized spacial score (nSPS) is 11.5. The fourth-order valence-corrected chi connectivity index (χ4v) is 5.22. The number of halogens is 1. The summed E-state index contributed by atoms with van der Waals surface area (Å²) in [4.78, 5) is 25.7. The number of carbonyl (C=O) groups excluding carboxylic acids is 1. The Kier molecular flexibility index (Phi) is 6.24. The van der Waals surface area contributed by atoms with E-state index in [1.807, 2.05) is 30.3 Å². The van der Waals surface area contributed by atoms with Crippen LogP contribution in [0.5, 0.6) is 0 Å². The fraction of sp³-hybridized carbons (Fsp3) is 0.100. The second-order valence-corrected chi connectivity index (χ2v) is 10.9. The minimum absolute atomic E-state index is 0.0447. The molecule has 4 aromatic rings. The molecule has 2 aromatic carbocycles. The van der Waals surface area contributed by atoms with Gasteiger partial charge in [0.15, 0.2) is 25.8 Å². The van der Waals surface area contributed by atoms with Gasteiger partial charge in [0.1, 0.15) is 0 Å². The predicted octanol–water partition coefficient (Wildman–Crippen LogP) is 4.69. The summed E-state index contributed by atoms with van der Waals surface area (Å²) >= 11 is 8.71. The highest BCUT2D eigenvalue weighted by molar-refractivity contribution is 7.98. The predicted molar refractivity (Wildman–Crippen MR) is 124 cm³/mol. The van der Waals surface area contributed by atoms with Crippen LogP contribution in [0.2, 0.25) is 5.02 Å². The van der Waals surface area contributed by atoms with Gasteiger partial charge in [0.05, 0.1) is 26.3 Å². The third-order valence-electron chi connectivity index (χ3n) is 4.16. The highest BCUT2D eigenvalue weighted by Gasteiger charge is 2.17. The molecule has 0 atom stereocenters. The molecule has 1 N–H and O–H groups in total. The molecular weight excluding hydrogens is 476 g/mol. The zero-order chi connectivity index (χ0) is 22.0. The lowest BCUT2D eigenvalue weighted by Crippen LogP contribution is -2.15. The zero-order valence-electron chi connectivity index (χ0n) is 16.1. The molecule has 4 rings (SSSR count). The fourth-order valence-electron chi connectivity index (χ4n) is 2.65. The van der Waals surface area contributed by atoms with Crippen LogP contribution >= 0.6 is 34.7 Å². The molecule has 0 aliphatic carbocycles. The number of aromatic nitrogens is 3. The van der Waals surface area contributed by atoms with E-state index < -0.39 is 15.7 Å². The second kappa shape index (κ2) is 8.91. The van der Waals surface area contributed by atoms with Gasteiger partial charge >= 0.3 is 0 Å². The number of thiazole rings is 1. The van der Waals surface area contributed by atoms with Gasteiger partial charge in [0.2, 0.25) is 0 Å². The molecule has 2 aromatic heterocycles. The lowest BCUT2D eigenvalue weighted by atomic mass is 10.2. The van der Waals surface area contributed by atoms with Crippen molar-refractivity contribution in [1.29, 1.82) is 0 Å². The number of nitrogens with zero attached hydrogens (tertiary/aromatic N) is 3. The number of nitrogens with one attached hydrogen (secondary N) is 1. The van der Waals surface area contributed by atoms with Gasteiger partial charge in [0, 0.05) is 12.0 Å². The molecule has 158 valence electrons. The highest BCUT2D eigenvalue weighted by Crippen LogP contribution is 2.29. The van der Waals surface area contributed by atoms with E-state index in [9.17, 15) is 13.2 Å². The van der Waals surface area contributed by atoms with E-state index in [1.165, 1.54) is 41.4 Å². The van der Waals surface area contributed by atoms with Gasteiger partial charge in [-0.25, -0.2) is 23.4 Å². The average Bonchev–Trinajstić information content (AvgIpc) is 3.14. The quantitative estimate of drug-likeness (QED) is 0.309. The maximum absolute atomic E-state index is 12.7. The van der Waals surface area contributed by atoms with Gasteiger partial charge in [-0.1, -0.05) is 65.0 Å². The van der Waals surface area contributed by atoms with Crippen molar-refractivity contribution in [2.45, 2.75) is 15.8 Å². The third-order valence-corrected chi connectivity index (χ3v) is 7.41. The number of hydrogen-bond donors (Lipinski definition) is 1. The van der Waals surface area contributed by atoms with Gasteiger partial charge in [-0.2, -0.15) is 0 Å². The van der Waals surface area contributed by atoms with Crippen LogP contribution in [0.3, 0.4) is 0 Å². The highest BCUT2D eigenvalue weighted by atomic mass is 35.5. The lowest BCUT2D eigenvalue weighted by Gasteiger charge is -2.05. The Balaban J connectivity index is 1.52. The van der Waals surface area contributed by atoms with Crippen molar-refractivity contribution in [2.24, 2.45) is 0 Å². The number of thioether (sulfide) groups is 1. The van der Waals surface area contributed by atoms with Gasteiger partial charge in [0.25, 0.3) is 5.91 Å². The molecule has 31 heavy (non-hydrogen) atoms. The standard InChI is InChI=1S/C20H15ClN4O3S3/c1-31(27,28)13-7-8-15-16(9-13)30-20(23-15)25-18(26)17-14(21)10-22-19(24-17)29-11-12-5-3-2-4-6-12/h2-10H,11H2,1H3,(H,23,25,26). The first kappa shape index (κ1) is 21.7. The van der Waals surface area contributed by atoms with Crippen molar-refractivity contribution in [3.8, 4) is 0 Å². The summed E-state index contributed by atoms with van der Waals surface area (Å²) in [7, 11) is -3.33. The minimum Gasteiger partial charge on any atom is -0.296 e. The number of sulfone groups is 1. The van der Waals surface area contributed by atoms with Gasteiger partial charge < -0.3 is 0 Å². The molecule has 0 fully saturated rings. The molecule has 0 aliphatic heterocycles. The number of anilines is 1. The molecule has 0 radical (unpaired) electrons. The van der Waals surface area contributed by atoms with Crippen LogP contribution in [-0.2, 0) is 15.6 Å². The number of fused-ring (bicyclic) bond motifs is 1. The largest absolute Gasteiger partial charge is 0.296 e. The number of carbonyl (C=O) groups is 1. The number of hydrogen-bond acceptors (Lipinski definition) is 8. The molecular formula is C20H15ClN4O3S3. The average molecular weight is 491 g/mol. The maximum Gasteiger partial charge on any atom is 0.277 e. The summed E-state index contributed by atoms with van der Waals surface area (Å²) in [6, 6.07) is 14.5. The summed E-state index contributed by atoms with van der Waals surface area (Å²) in [5.41, 5.74) is 1.74. The Morgan fingerprint density at radius 3 is 2.68 bits per heavy atom. The molecule has 1 amide bonds. The Morgan fingerprint density at radius 1 is 1.16 bits per heavy atom. The van der Waals surface area contributed by atoms with Gasteiger partial charge in [-0.3, -0.25) is 10.1 Å². The number of benzene rings is 2. The Hall–Kier alpha value is -2.53. The Bertz CT molecular complexity index is 1380. The Labute approximate surface area is 191 Å². The summed E-state index contributed by atoms with van der Waals surface area (Å²) in [5, 5.41) is 3.56. The van der Waals surface area contributed by atoms with Crippen molar-refractivity contribution in [3.63, 3.8) is 0 Å². The van der Waals surface area contributed by atoms with E-state index >= 15 is 0 Å². The lowest BCUT2D eigenvalue weighted by molar-refractivity contribution is 0.102. The van der Waals surface area contributed by atoms with Crippen LogP contribution in [0, 0.1) is 0 Å². The maximum atomic E-state index is 12.7. The second-order valence-electron chi connectivity index (χ2n) is 6.50. The van der Waals surface area contributed by atoms with Crippen molar-refractivity contribution < 1.29 is 13.2 Å². The van der Waals surface area contributed by atoms with Crippen molar-refractivity contribution in [3.05, 3.63) is 71.0 Å². The zero-order valence-corrected chi connectivity index (χ0v) is 19.3. The monoisotopic (exact) mass is 490 g/mol. The Morgan fingerprint density at radius 2 is 1.94 bits per heavy atom. The third kappa shape index (κ3) is 5.21. The molecule has 0 saturated heterocycles.